The zero-order valence-electron chi connectivity index (χ0n) is 14.8. The van der Waals surface area contributed by atoms with Gasteiger partial charge in [0.2, 0.25) is 5.95 Å². The summed E-state index contributed by atoms with van der Waals surface area (Å²) in [6.07, 6.45) is 12.5. The molecule has 0 unspecified atom stereocenters. The zero-order chi connectivity index (χ0) is 16.2. The maximum atomic E-state index is 4.80. The van der Waals surface area contributed by atoms with Crippen LogP contribution < -0.4 is 10.2 Å². The number of nitrogens with zero attached hydrogens (tertiary/aromatic N) is 4. The molecular formula is C19H31N5. The number of nitrogens with one attached hydrogen (secondary N) is 1. The molecule has 1 aliphatic carbocycles. The lowest BCUT2D eigenvalue weighted by Gasteiger charge is -2.32. The van der Waals surface area contributed by atoms with Crippen LogP contribution in [-0.2, 0) is 0 Å². The molecule has 1 aromatic heterocycles. The van der Waals surface area contributed by atoms with E-state index in [1.54, 1.807) is 0 Å². The number of aromatic nitrogens is 2. The Morgan fingerprint density at radius 3 is 2.42 bits per heavy atom. The molecule has 4 rings (SSSR count). The Bertz CT molecular complexity index is 514. The average molecular weight is 329 g/mol. The van der Waals surface area contributed by atoms with Crippen molar-refractivity contribution < 1.29 is 0 Å². The molecule has 2 aliphatic heterocycles. The summed E-state index contributed by atoms with van der Waals surface area (Å²) in [6.45, 7) is 6.04. The molecular weight excluding hydrogens is 298 g/mol. The lowest BCUT2D eigenvalue weighted by atomic mass is 10.1. The predicted octanol–water partition coefficient (Wildman–Crippen LogP) is 3.14. The molecule has 0 radical (unpaired) electrons. The molecule has 0 aromatic carbocycles. The Morgan fingerprint density at radius 2 is 1.71 bits per heavy atom. The number of rotatable bonds is 5. The normalized spacial score (nSPS) is 23.9. The van der Waals surface area contributed by atoms with Crippen LogP contribution in [0.4, 0.5) is 11.8 Å². The first-order chi connectivity index (χ1) is 11.9. The van der Waals surface area contributed by atoms with Gasteiger partial charge in [0.1, 0.15) is 5.82 Å². The first kappa shape index (κ1) is 16.1. The minimum Gasteiger partial charge on any atom is -0.356 e. The van der Waals surface area contributed by atoms with E-state index >= 15 is 0 Å². The van der Waals surface area contributed by atoms with E-state index in [-0.39, 0.29) is 0 Å². The van der Waals surface area contributed by atoms with Crippen LogP contribution in [0.15, 0.2) is 12.3 Å². The molecule has 5 nitrogen and oxygen atoms in total. The highest BCUT2D eigenvalue weighted by Gasteiger charge is 2.27. The Kier molecular flexibility index (Phi) is 5.16. The van der Waals surface area contributed by atoms with Crippen molar-refractivity contribution >= 4 is 11.8 Å². The monoisotopic (exact) mass is 329 g/mol. The number of anilines is 2. The lowest BCUT2D eigenvalue weighted by molar-refractivity contribution is 0.211. The molecule has 0 atom stereocenters. The van der Waals surface area contributed by atoms with Crippen LogP contribution in [0, 0.1) is 5.92 Å². The van der Waals surface area contributed by atoms with E-state index in [0.29, 0.717) is 6.04 Å². The van der Waals surface area contributed by atoms with Crippen LogP contribution in [0.5, 0.6) is 0 Å². The highest BCUT2D eigenvalue weighted by Crippen LogP contribution is 2.30. The molecule has 2 saturated heterocycles. The van der Waals surface area contributed by atoms with Crippen molar-refractivity contribution in [1.29, 1.82) is 0 Å². The predicted molar refractivity (Wildman–Crippen MR) is 98.5 cm³/mol. The standard InChI is InChI=1S/C19H31N5/c1-2-4-12-24(11-3-1)18-7-10-20-19(22-18)21-17-8-13-23(14-9-17)15-16-5-6-16/h7,10,16-17H,1-6,8-9,11-15H2,(H,20,21,22). The van der Waals surface area contributed by atoms with E-state index in [4.69, 9.17) is 4.98 Å². The molecule has 1 saturated carbocycles. The van der Waals surface area contributed by atoms with Gasteiger partial charge in [-0.3, -0.25) is 0 Å². The third-order valence-corrected chi connectivity index (χ3v) is 5.71. The molecule has 1 aromatic rings. The minimum absolute atomic E-state index is 0.528. The summed E-state index contributed by atoms with van der Waals surface area (Å²) >= 11 is 0. The van der Waals surface area contributed by atoms with Gasteiger partial charge >= 0.3 is 0 Å². The number of hydrogen-bond donors (Lipinski definition) is 1. The summed E-state index contributed by atoms with van der Waals surface area (Å²) in [5.41, 5.74) is 0. The van der Waals surface area contributed by atoms with Crippen molar-refractivity contribution in [2.45, 2.75) is 57.4 Å². The molecule has 1 N–H and O–H groups in total. The quantitative estimate of drug-likeness (QED) is 0.899. The van der Waals surface area contributed by atoms with Crippen LogP contribution in [0.25, 0.3) is 0 Å². The molecule has 3 fully saturated rings. The summed E-state index contributed by atoms with van der Waals surface area (Å²) < 4.78 is 0. The van der Waals surface area contributed by atoms with Crippen LogP contribution in [0.2, 0.25) is 0 Å². The molecule has 24 heavy (non-hydrogen) atoms. The molecule has 3 heterocycles. The molecule has 0 bridgehead atoms. The van der Waals surface area contributed by atoms with Crippen molar-refractivity contribution in [3.05, 3.63) is 12.3 Å². The highest BCUT2D eigenvalue weighted by atomic mass is 15.2. The number of hydrogen-bond acceptors (Lipinski definition) is 5. The SMILES string of the molecule is c1cc(N2CCCCCC2)nc(NC2CCN(CC3CC3)CC2)n1. The fraction of sp³-hybridized carbons (Fsp3) is 0.789. The van der Waals surface area contributed by atoms with Crippen LogP contribution in [-0.4, -0.2) is 53.6 Å². The van der Waals surface area contributed by atoms with Gasteiger partial charge in [0.15, 0.2) is 0 Å². The minimum atomic E-state index is 0.528. The van der Waals surface area contributed by atoms with Gasteiger partial charge in [-0.05, 0) is 50.5 Å². The lowest BCUT2D eigenvalue weighted by Crippen LogP contribution is -2.40. The summed E-state index contributed by atoms with van der Waals surface area (Å²) in [6, 6.07) is 2.59. The Hall–Kier alpha value is -1.36. The fourth-order valence-electron chi connectivity index (χ4n) is 4.00. The summed E-state index contributed by atoms with van der Waals surface area (Å²) in [5.74, 6) is 2.92. The second-order valence-corrected chi connectivity index (χ2v) is 7.80. The summed E-state index contributed by atoms with van der Waals surface area (Å²) in [5, 5.41) is 3.59. The number of likely N-dealkylation sites (tertiary alicyclic amines) is 1. The van der Waals surface area contributed by atoms with Gasteiger partial charge in [0.05, 0.1) is 0 Å². The van der Waals surface area contributed by atoms with E-state index < -0.39 is 0 Å². The summed E-state index contributed by atoms with van der Waals surface area (Å²) in [4.78, 5) is 14.3. The zero-order valence-corrected chi connectivity index (χ0v) is 14.8. The van der Waals surface area contributed by atoms with E-state index in [1.165, 1.54) is 71.0 Å². The Morgan fingerprint density at radius 1 is 0.958 bits per heavy atom. The van der Waals surface area contributed by atoms with Gasteiger partial charge in [-0.2, -0.15) is 4.98 Å². The maximum Gasteiger partial charge on any atom is 0.224 e. The van der Waals surface area contributed by atoms with E-state index in [2.05, 4.69) is 26.2 Å². The van der Waals surface area contributed by atoms with Gasteiger partial charge in [0, 0.05) is 45.0 Å². The van der Waals surface area contributed by atoms with Crippen molar-refractivity contribution in [3.63, 3.8) is 0 Å². The molecule has 3 aliphatic rings. The van der Waals surface area contributed by atoms with Crippen molar-refractivity contribution in [3.8, 4) is 0 Å². The topological polar surface area (TPSA) is 44.3 Å². The molecule has 132 valence electrons. The van der Waals surface area contributed by atoms with Crippen LogP contribution in [0.3, 0.4) is 0 Å². The van der Waals surface area contributed by atoms with Gasteiger partial charge in [-0.25, -0.2) is 4.98 Å². The second-order valence-electron chi connectivity index (χ2n) is 7.80. The third kappa shape index (κ3) is 4.38. The van der Waals surface area contributed by atoms with E-state index in [0.717, 1.165) is 30.8 Å². The van der Waals surface area contributed by atoms with Crippen molar-refractivity contribution in [1.82, 2.24) is 14.9 Å². The highest BCUT2D eigenvalue weighted by molar-refractivity contribution is 5.43. The Labute approximate surface area is 145 Å². The second kappa shape index (κ2) is 7.68. The van der Waals surface area contributed by atoms with Crippen molar-refractivity contribution in [2.75, 3.05) is 42.9 Å². The first-order valence-electron chi connectivity index (χ1n) is 9.94. The van der Waals surface area contributed by atoms with E-state index in [9.17, 15) is 0 Å². The maximum absolute atomic E-state index is 4.80. The summed E-state index contributed by atoms with van der Waals surface area (Å²) in [7, 11) is 0. The van der Waals surface area contributed by atoms with Gasteiger partial charge in [0.25, 0.3) is 0 Å². The molecule has 0 amide bonds. The largest absolute Gasteiger partial charge is 0.356 e. The smallest absolute Gasteiger partial charge is 0.224 e. The fourth-order valence-corrected chi connectivity index (χ4v) is 4.00. The van der Waals surface area contributed by atoms with E-state index in [1.807, 2.05) is 6.20 Å². The molecule has 0 spiro atoms. The van der Waals surface area contributed by atoms with Crippen molar-refractivity contribution in [2.24, 2.45) is 5.92 Å². The van der Waals surface area contributed by atoms with Gasteiger partial charge in [-0.15, -0.1) is 0 Å². The van der Waals surface area contributed by atoms with Gasteiger partial charge in [-0.1, -0.05) is 12.8 Å². The average Bonchev–Trinajstić information content (AvgIpc) is 3.44. The van der Waals surface area contributed by atoms with Crippen LogP contribution in [0.1, 0.15) is 51.4 Å². The Balaban J connectivity index is 1.30. The third-order valence-electron chi connectivity index (χ3n) is 5.71. The number of piperidine rings is 1. The first-order valence-corrected chi connectivity index (χ1v) is 9.94. The molecule has 5 heteroatoms. The van der Waals surface area contributed by atoms with Gasteiger partial charge < -0.3 is 15.1 Å². The van der Waals surface area contributed by atoms with Crippen LogP contribution >= 0.6 is 0 Å².